The molecule has 3 rings (SSSR count). The third-order valence-electron chi connectivity index (χ3n) is 6.56. The highest BCUT2D eigenvalue weighted by Crippen LogP contribution is 2.28. The van der Waals surface area contributed by atoms with Crippen molar-refractivity contribution in [2.75, 3.05) is 0 Å². The van der Waals surface area contributed by atoms with Crippen molar-refractivity contribution < 1.29 is 0 Å². The van der Waals surface area contributed by atoms with E-state index in [1.54, 1.807) is 0 Å². The predicted molar refractivity (Wildman–Crippen MR) is 143 cm³/mol. The van der Waals surface area contributed by atoms with Crippen LogP contribution in [0.15, 0.2) is 18.2 Å². The Balaban J connectivity index is 2.41. The van der Waals surface area contributed by atoms with E-state index in [1.807, 2.05) is 0 Å². The van der Waals surface area contributed by atoms with Gasteiger partial charge in [0.2, 0.25) is 0 Å². The van der Waals surface area contributed by atoms with E-state index in [9.17, 15) is 0 Å². The van der Waals surface area contributed by atoms with Crippen molar-refractivity contribution in [1.82, 2.24) is 29.1 Å². The molecule has 0 saturated carbocycles. The first kappa shape index (κ1) is 26.3. The minimum absolute atomic E-state index is 0.292. The minimum atomic E-state index is -0.292. The molecule has 3 aromatic rings. The van der Waals surface area contributed by atoms with Gasteiger partial charge in [-0.05, 0) is 70.8 Å². The highest BCUT2D eigenvalue weighted by Gasteiger charge is 2.25. The Morgan fingerprint density at radius 3 is 0.853 bits per heavy atom. The van der Waals surface area contributed by atoms with Gasteiger partial charge in [0.25, 0.3) is 7.12 Å². The molecule has 0 aliphatic carbocycles. The van der Waals surface area contributed by atoms with Gasteiger partial charge in [-0.1, -0.05) is 83.1 Å². The van der Waals surface area contributed by atoms with Crippen LogP contribution < -0.4 is 0 Å². The van der Waals surface area contributed by atoms with Crippen LogP contribution >= 0.6 is 0 Å². The molecule has 3 aromatic heterocycles. The van der Waals surface area contributed by atoms with E-state index in [-0.39, 0.29) is 7.12 Å². The molecule has 3 heterocycles. The molecule has 34 heavy (non-hydrogen) atoms. The standard InChI is InChI=1S/C27H45BN6/c1-16(2)22-13-25(19(7)8)32(29-22)28(33-26(20(9)10)14-23(30-33)17(3)4)34-27(21(11)12)15-24(31-34)18(5)6/h13-21H,1-12H3/q-1. The van der Waals surface area contributed by atoms with Crippen LogP contribution in [0, 0.1) is 0 Å². The van der Waals surface area contributed by atoms with Gasteiger partial charge in [-0.25, -0.2) is 15.3 Å². The Morgan fingerprint density at radius 2 is 0.676 bits per heavy atom. The van der Waals surface area contributed by atoms with Crippen LogP contribution in [0.1, 0.15) is 153 Å². The maximum Gasteiger partial charge on any atom is 0.261 e. The number of aromatic nitrogens is 6. The number of hydrogen-bond donors (Lipinski definition) is 0. The Kier molecular flexibility index (Phi) is 7.84. The van der Waals surface area contributed by atoms with Gasteiger partial charge in [0.15, 0.2) is 0 Å². The smallest absolute Gasteiger partial charge is 0.261 e. The fourth-order valence-electron chi connectivity index (χ4n) is 4.29. The largest absolute Gasteiger partial charge is 0.422 e. The van der Waals surface area contributed by atoms with Gasteiger partial charge >= 0.3 is 0 Å². The van der Waals surface area contributed by atoms with Gasteiger partial charge in [0.1, 0.15) is 0 Å². The van der Waals surface area contributed by atoms with E-state index < -0.39 is 0 Å². The zero-order valence-electron chi connectivity index (χ0n) is 23.5. The molecule has 0 spiro atoms. The summed E-state index contributed by atoms with van der Waals surface area (Å²) in [6, 6.07) is 6.81. The van der Waals surface area contributed by atoms with Gasteiger partial charge in [0, 0.05) is 0 Å². The Labute approximate surface area is 207 Å². The molecule has 0 aliphatic rings. The molecule has 0 unspecified atom stereocenters. The van der Waals surface area contributed by atoms with Crippen LogP contribution in [0.2, 0.25) is 0 Å². The lowest BCUT2D eigenvalue weighted by molar-refractivity contribution is 0.646. The number of hydrogen-bond acceptors (Lipinski definition) is 3. The molecule has 7 heteroatoms. The first-order chi connectivity index (χ1) is 15.8. The second kappa shape index (κ2) is 10.1. The molecule has 0 bridgehead atoms. The van der Waals surface area contributed by atoms with Gasteiger partial charge in [-0.2, -0.15) is 0 Å². The van der Waals surface area contributed by atoms with Gasteiger partial charge < -0.3 is 13.8 Å². The molecule has 187 valence electrons. The third-order valence-corrected chi connectivity index (χ3v) is 6.56. The maximum absolute atomic E-state index is 5.19. The summed E-state index contributed by atoms with van der Waals surface area (Å²) in [6.45, 7) is 26.7. The van der Waals surface area contributed by atoms with E-state index in [1.165, 1.54) is 17.1 Å². The summed E-state index contributed by atoms with van der Waals surface area (Å²) < 4.78 is 6.56. The van der Waals surface area contributed by atoms with E-state index in [0.717, 1.165) is 17.1 Å². The number of rotatable bonds is 9. The topological polar surface area (TPSA) is 53.5 Å². The normalized spacial score (nSPS) is 12.8. The SMILES string of the molecule is CC(C)c1cc(C(C)C)n([B-](n2nc(C(C)C)cc2C(C)C)n2nc(C(C)C)cc2C(C)C)n1. The Morgan fingerprint density at radius 1 is 0.441 bits per heavy atom. The van der Waals surface area contributed by atoms with Crippen LogP contribution in [0.4, 0.5) is 0 Å². The molecule has 1 radical (unpaired) electrons. The quantitative estimate of drug-likeness (QED) is 0.322. The van der Waals surface area contributed by atoms with E-state index in [0.29, 0.717) is 35.5 Å². The van der Waals surface area contributed by atoms with E-state index in [2.05, 4.69) is 115 Å². The van der Waals surface area contributed by atoms with Crippen LogP contribution in [-0.4, -0.2) is 36.2 Å². The van der Waals surface area contributed by atoms with Gasteiger partial charge in [-0.3, -0.25) is 0 Å². The molecule has 0 amide bonds. The molecule has 0 fully saturated rings. The zero-order valence-corrected chi connectivity index (χ0v) is 23.5. The van der Waals surface area contributed by atoms with Crippen molar-refractivity contribution in [3.63, 3.8) is 0 Å². The van der Waals surface area contributed by atoms with Crippen molar-refractivity contribution in [2.24, 2.45) is 0 Å². The third kappa shape index (κ3) is 5.03. The molecule has 0 saturated heterocycles. The monoisotopic (exact) mass is 464 g/mol. The van der Waals surface area contributed by atoms with Crippen LogP contribution in [0.5, 0.6) is 0 Å². The summed E-state index contributed by atoms with van der Waals surface area (Å²) in [5.74, 6) is 2.02. The van der Waals surface area contributed by atoms with Gasteiger partial charge in [-0.15, -0.1) is 0 Å². The Bertz CT molecular complexity index is 958. The van der Waals surface area contributed by atoms with E-state index >= 15 is 0 Å². The molecular weight excluding hydrogens is 419 g/mol. The first-order valence-corrected chi connectivity index (χ1v) is 13.1. The lowest BCUT2D eigenvalue weighted by atomic mass is 9.89. The Hall–Kier alpha value is -2.31. The first-order valence-electron chi connectivity index (χ1n) is 13.1. The summed E-state index contributed by atoms with van der Waals surface area (Å²) in [5.41, 5.74) is 6.96. The molecule has 0 aromatic carbocycles. The lowest BCUT2D eigenvalue weighted by Gasteiger charge is -2.36. The molecular formula is C27H45BN6-. The molecule has 0 aliphatic heterocycles. The number of nitrogens with zero attached hydrogens (tertiary/aromatic N) is 6. The molecule has 6 nitrogen and oxygen atoms in total. The molecule has 0 N–H and O–H groups in total. The van der Waals surface area contributed by atoms with Crippen molar-refractivity contribution in [3.8, 4) is 0 Å². The minimum Gasteiger partial charge on any atom is -0.422 e. The van der Waals surface area contributed by atoms with Crippen molar-refractivity contribution in [1.29, 1.82) is 0 Å². The molecule has 0 atom stereocenters. The lowest BCUT2D eigenvalue weighted by Crippen LogP contribution is -2.47. The summed E-state index contributed by atoms with van der Waals surface area (Å²) in [4.78, 5) is 0. The van der Waals surface area contributed by atoms with Crippen LogP contribution in [0.25, 0.3) is 0 Å². The van der Waals surface area contributed by atoms with Crippen molar-refractivity contribution in [3.05, 3.63) is 52.4 Å². The van der Waals surface area contributed by atoms with Crippen molar-refractivity contribution >= 4 is 7.12 Å². The van der Waals surface area contributed by atoms with Crippen LogP contribution in [-0.2, 0) is 0 Å². The average molecular weight is 465 g/mol. The predicted octanol–water partition coefficient (Wildman–Crippen LogP) is 6.95. The highest BCUT2D eigenvalue weighted by atomic mass is 15.5. The maximum atomic E-state index is 5.19. The average Bonchev–Trinajstić information content (AvgIpc) is 3.45. The summed E-state index contributed by atoms with van der Waals surface area (Å²) in [5, 5.41) is 15.6. The zero-order chi connectivity index (χ0) is 25.5. The second-order valence-electron chi connectivity index (χ2n) is 11.6. The van der Waals surface area contributed by atoms with E-state index in [4.69, 9.17) is 15.3 Å². The fourth-order valence-corrected chi connectivity index (χ4v) is 4.29. The fraction of sp³-hybridized carbons (Fsp3) is 0.667. The second-order valence-corrected chi connectivity index (χ2v) is 11.6. The van der Waals surface area contributed by atoms with Crippen LogP contribution in [0.3, 0.4) is 0 Å². The highest BCUT2D eigenvalue weighted by molar-refractivity contribution is 6.53. The summed E-state index contributed by atoms with van der Waals surface area (Å²) >= 11 is 0. The summed E-state index contributed by atoms with van der Waals surface area (Å²) in [7, 11) is -0.292. The van der Waals surface area contributed by atoms with Crippen molar-refractivity contribution in [2.45, 2.75) is 119 Å². The van der Waals surface area contributed by atoms with Gasteiger partial charge in [0.05, 0.1) is 17.1 Å². The summed E-state index contributed by atoms with van der Waals surface area (Å²) in [6.07, 6.45) is 0.